The maximum Gasteiger partial charge on any atom is 0.191 e. The number of anilines is 1. The number of pyridine rings is 1. The number of carbonyl (C=O) groups is 1. The van der Waals surface area contributed by atoms with Crippen molar-refractivity contribution in [2.24, 2.45) is 0 Å². The fourth-order valence-electron chi connectivity index (χ4n) is 1.69. The van der Waals surface area contributed by atoms with Gasteiger partial charge in [0.05, 0.1) is 6.08 Å². The van der Waals surface area contributed by atoms with Gasteiger partial charge in [0.25, 0.3) is 0 Å². The summed E-state index contributed by atoms with van der Waals surface area (Å²) >= 11 is 3.35. The summed E-state index contributed by atoms with van der Waals surface area (Å²) in [6, 6.07) is 11.3. The van der Waals surface area contributed by atoms with Crippen molar-refractivity contribution in [2.45, 2.75) is 0 Å². The van der Waals surface area contributed by atoms with Gasteiger partial charge in [0.15, 0.2) is 24.4 Å². The van der Waals surface area contributed by atoms with E-state index in [-0.39, 0.29) is 5.78 Å². The Morgan fingerprint density at radius 1 is 1.10 bits per heavy atom. The highest BCUT2D eigenvalue weighted by Crippen LogP contribution is 2.11. The van der Waals surface area contributed by atoms with Gasteiger partial charge in [-0.2, -0.15) is 4.57 Å². The molecule has 4 heteroatoms. The third kappa shape index (κ3) is 3.78. The fourth-order valence-corrected chi connectivity index (χ4v) is 1.96. The van der Waals surface area contributed by atoms with E-state index >= 15 is 0 Å². The molecule has 2 aromatic rings. The first-order chi connectivity index (χ1) is 9.56. The number of carbonyl (C=O) groups excluding carboxylic acids is 1. The molecule has 0 unspecified atom stereocenters. The van der Waals surface area contributed by atoms with Gasteiger partial charge in [0.2, 0.25) is 0 Å². The van der Waals surface area contributed by atoms with Crippen molar-refractivity contribution in [2.75, 3.05) is 19.0 Å². The Morgan fingerprint density at radius 2 is 1.70 bits per heavy atom. The Hall–Kier alpha value is -1.94. The zero-order chi connectivity index (χ0) is 14.5. The molecule has 1 heterocycles. The fraction of sp³-hybridized carbons (Fsp3) is 0.125. The van der Waals surface area contributed by atoms with Gasteiger partial charge in [-0.05, 0) is 24.3 Å². The molecule has 0 aliphatic heterocycles. The molecule has 1 aromatic carbocycles. The molecule has 0 aliphatic carbocycles. The lowest BCUT2D eigenvalue weighted by atomic mass is 10.1. The summed E-state index contributed by atoms with van der Waals surface area (Å²) in [5.74, 6) is -0.0123. The summed E-state index contributed by atoms with van der Waals surface area (Å²) in [6.07, 6.45) is 7.16. The van der Waals surface area contributed by atoms with Crippen LogP contribution in [0.3, 0.4) is 0 Å². The summed E-state index contributed by atoms with van der Waals surface area (Å²) < 4.78 is 2.82. The third-order valence-electron chi connectivity index (χ3n) is 2.88. The van der Waals surface area contributed by atoms with Crippen molar-refractivity contribution in [3.8, 4) is 0 Å². The smallest absolute Gasteiger partial charge is 0.191 e. The van der Waals surface area contributed by atoms with Gasteiger partial charge in [-0.15, -0.1) is 0 Å². The van der Waals surface area contributed by atoms with Crippen LogP contribution in [0.4, 0.5) is 5.69 Å². The summed E-state index contributed by atoms with van der Waals surface area (Å²) in [6.45, 7) is 0. The average Bonchev–Trinajstić information content (AvgIpc) is 2.46. The normalized spacial score (nSPS) is 10.8. The van der Waals surface area contributed by atoms with E-state index in [9.17, 15) is 4.79 Å². The predicted octanol–water partition coefficient (Wildman–Crippen LogP) is 3.16. The molecule has 0 spiro atoms. The highest BCUT2D eigenvalue weighted by atomic mass is 79.9. The zero-order valence-electron chi connectivity index (χ0n) is 11.5. The minimum atomic E-state index is -0.0123. The zero-order valence-corrected chi connectivity index (χ0v) is 13.0. The summed E-state index contributed by atoms with van der Waals surface area (Å²) in [7, 11) is 3.99. The van der Waals surface area contributed by atoms with Gasteiger partial charge in [-0.25, -0.2) is 0 Å². The second-order valence-corrected chi connectivity index (χ2v) is 5.50. The standard InChI is InChI=1S/C16H16BrN2O/c1-18(2)15-7-10-19(11-8-15)12-9-16(20)13-3-5-14(17)6-4-13/h3-12H,1-2H3/q+1/b12-9+. The lowest BCUT2D eigenvalue weighted by Crippen LogP contribution is -2.25. The number of rotatable bonds is 4. The van der Waals surface area contributed by atoms with E-state index in [0.29, 0.717) is 5.56 Å². The van der Waals surface area contributed by atoms with Crippen molar-refractivity contribution in [3.05, 3.63) is 64.9 Å². The van der Waals surface area contributed by atoms with Crippen molar-refractivity contribution in [3.63, 3.8) is 0 Å². The van der Waals surface area contributed by atoms with E-state index in [4.69, 9.17) is 0 Å². The second-order valence-electron chi connectivity index (χ2n) is 4.58. The van der Waals surface area contributed by atoms with Crippen molar-refractivity contribution >= 4 is 33.6 Å². The molecule has 20 heavy (non-hydrogen) atoms. The van der Waals surface area contributed by atoms with Crippen LogP contribution in [0.5, 0.6) is 0 Å². The minimum absolute atomic E-state index is 0.0123. The molecule has 0 saturated heterocycles. The van der Waals surface area contributed by atoms with Crippen molar-refractivity contribution in [1.29, 1.82) is 0 Å². The van der Waals surface area contributed by atoms with Gasteiger partial charge in [0.1, 0.15) is 0 Å². The van der Waals surface area contributed by atoms with Crippen LogP contribution in [-0.4, -0.2) is 19.9 Å². The predicted molar refractivity (Wildman–Crippen MR) is 84.8 cm³/mol. The SMILES string of the molecule is CN(C)c1cc[n+](/C=C/C(=O)c2ccc(Br)cc2)cc1. The first kappa shape index (κ1) is 14.5. The highest BCUT2D eigenvalue weighted by molar-refractivity contribution is 9.10. The second kappa shape index (κ2) is 6.48. The molecule has 102 valence electrons. The molecule has 0 fully saturated rings. The van der Waals surface area contributed by atoms with Crippen LogP contribution in [0.15, 0.2) is 59.3 Å². The van der Waals surface area contributed by atoms with Crippen LogP contribution < -0.4 is 9.47 Å². The average molecular weight is 332 g/mol. The lowest BCUT2D eigenvalue weighted by molar-refractivity contribution is -0.568. The summed E-state index contributed by atoms with van der Waals surface area (Å²) in [5.41, 5.74) is 1.80. The molecule has 2 rings (SSSR count). The largest absolute Gasteiger partial charge is 0.377 e. The Kier molecular flexibility index (Phi) is 4.69. The Balaban J connectivity index is 2.08. The molecular formula is C16H16BrN2O+. The van der Waals surface area contributed by atoms with Crippen LogP contribution in [0.2, 0.25) is 0 Å². The van der Waals surface area contributed by atoms with Gasteiger partial charge < -0.3 is 4.90 Å². The molecular weight excluding hydrogens is 316 g/mol. The maximum absolute atomic E-state index is 12.0. The molecule has 0 aliphatic rings. The van der Waals surface area contributed by atoms with Gasteiger partial charge in [-0.1, -0.05) is 15.9 Å². The van der Waals surface area contributed by atoms with Crippen LogP contribution in [-0.2, 0) is 0 Å². The van der Waals surface area contributed by atoms with Crippen molar-refractivity contribution in [1.82, 2.24) is 0 Å². The molecule has 0 bridgehead atoms. The monoisotopic (exact) mass is 331 g/mol. The molecule has 0 radical (unpaired) electrons. The highest BCUT2D eigenvalue weighted by Gasteiger charge is 2.03. The van der Waals surface area contributed by atoms with Gasteiger partial charge in [0, 0.05) is 42.0 Å². The van der Waals surface area contributed by atoms with Gasteiger partial charge >= 0.3 is 0 Å². The topological polar surface area (TPSA) is 24.2 Å². The van der Waals surface area contributed by atoms with E-state index in [2.05, 4.69) is 15.9 Å². The number of nitrogens with zero attached hydrogens (tertiary/aromatic N) is 2. The first-order valence-electron chi connectivity index (χ1n) is 6.22. The summed E-state index contributed by atoms with van der Waals surface area (Å²) in [4.78, 5) is 14.0. The molecule has 3 nitrogen and oxygen atoms in total. The minimum Gasteiger partial charge on any atom is -0.377 e. The van der Waals surface area contributed by atoms with E-state index in [0.717, 1.165) is 10.2 Å². The number of benzene rings is 1. The van der Waals surface area contributed by atoms with E-state index in [1.54, 1.807) is 24.4 Å². The van der Waals surface area contributed by atoms with Crippen LogP contribution in [0, 0.1) is 0 Å². The molecule has 0 amide bonds. The number of hydrogen-bond acceptors (Lipinski definition) is 2. The Morgan fingerprint density at radius 3 is 2.25 bits per heavy atom. The maximum atomic E-state index is 12.0. The quantitative estimate of drug-likeness (QED) is 0.488. The molecule has 0 saturated carbocycles. The van der Waals surface area contributed by atoms with Crippen molar-refractivity contribution < 1.29 is 9.36 Å². The first-order valence-corrected chi connectivity index (χ1v) is 7.02. The number of halogens is 1. The molecule has 0 atom stereocenters. The van der Waals surface area contributed by atoms with Gasteiger partial charge in [-0.3, -0.25) is 4.79 Å². The number of hydrogen-bond donors (Lipinski definition) is 0. The number of ketones is 1. The van der Waals surface area contributed by atoms with E-state index in [1.165, 1.54) is 0 Å². The molecule has 1 aromatic heterocycles. The molecule has 0 N–H and O–H groups in total. The van der Waals surface area contributed by atoms with E-state index < -0.39 is 0 Å². The number of allylic oxidation sites excluding steroid dienone is 1. The van der Waals surface area contributed by atoms with Crippen LogP contribution in [0.1, 0.15) is 10.4 Å². The third-order valence-corrected chi connectivity index (χ3v) is 3.41. The summed E-state index contributed by atoms with van der Waals surface area (Å²) in [5, 5.41) is 0. The van der Waals surface area contributed by atoms with Crippen LogP contribution >= 0.6 is 15.9 Å². The van der Waals surface area contributed by atoms with E-state index in [1.807, 2.05) is 60.2 Å². The number of aromatic nitrogens is 1. The lowest BCUT2D eigenvalue weighted by Gasteiger charge is -2.09. The Labute approximate surface area is 127 Å². The Bertz CT molecular complexity index is 616. The van der Waals surface area contributed by atoms with Crippen LogP contribution in [0.25, 0.3) is 6.20 Å².